The summed E-state index contributed by atoms with van der Waals surface area (Å²) in [5, 5.41) is 18.2. The van der Waals surface area contributed by atoms with Gasteiger partial charge in [0.25, 0.3) is 0 Å². The SMILES string of the molecule is C[C@@H](c1ccc(F)cc1)N1NC(C#N)C2C(=O)NC([C@H]3CC[C@@H]3c3ncccn3)NC21. The lowest BCUT2D eigenvalue weighted by Gasteiger charge is -2.47. The van der Waals surface area contributed by atoms with Gasteiger partial charge in [-0.3, -0.25) is 10.1 Å². The first-order chi connectivity index (χ1) is 15.1. The Morgan fingerprint density at radius 1 is 1.23 bits per heavy atom. The first-order valence-corrected chi connectivity index (χ1v) is 10.6. The van der Waals surface area contributed by atoms with Gasteiger partial charge in [-0.25, -0.2) is 24.8 Å². The number of hydrogen-bond acceptors (Lipinski definition) is 7. The molecule has 1 aromatic carbocycles. The number of aromatic nitrogens is 2. The van der Waals surface area contributed by atoms with Crippen molar-refractivity contribution < 1.29 is 9.18 Å². The number of amides is 1. The van der Waals surface area contributed by atoms with Crippen molar-refractivity contribution in [3.05, 3.63) is 59.9 Å². The number of benzene rings is 1. The number of carbonyl (C=O) groups excluding carboxylic acids is 1. The molecule has 0 spiro atoms. The fourth-order valence-electron chi connectivity index (χ4n) is 4.97. The van der Waals surface area contributed by atoms with Gasteiger partial charge in [0.2, 0.25) is 5.91 Å². The summed E-state index contributed by atoms with van der Waals surface area (Å²) < 4.78 is 13.4. The van der Waals surface area contributed by atoms with Crippen molar-refractivity contribution in [3.63, 3.8) is 0 Å². The van der Waals surface area contributed by atoms with E-state index in [1.807, 2.05) is 11.9 Å². The van der Waals surface area contributed by atoms with Crippen LogP contribution in [0.5, 0.6) is 0 Å². The van der Waals surface area contributed by atoms with E-state index in [9.17, 15) is 14.4 Å². The Hall–Kier alpha value is -2.93. The monoisotopic (exact) mass is 421 g/mol. The van der Waals surface area contributed by atoms with Crippen LogP contribution >= 0.6 is 0 Å². The van der Waals surface area contributed by atoms with Crippen molar-refractivity contribution in [2.45, 2.75) is 50.1 Å². The lowest BCUT2D eigenvalue weighted by Crippen LogP contribution is -2.68. The van der Waals surface area contributed by atoms with Gasteiger partial charge >= 0.3 is 0 Å². The van der Waals surface area contributed by atoms with E-state index < -0.39 is 12.0 Å². The standard InChI is InChI=1S/C22H24FN7O/c1-12(13-3-5-14(23)6-4-13)30-21-18(17(11-24)29-30)22(31)28-20(27-21)16-8-7-15(16)19-25-9-2-10-26-19/h2-6,9-10,12,15-18,20-21,27,29H,7-8H2,1H3,(H,28,31)/t12-,15-,16-,17?,18?,20?,21?/m0/s1. The predicted octanol–water partition coefficient (Wildman–Crippen LogP) is 1.57. The third-order valence-corrected chi connectivity index (χ3v) is 6.82. The van der Waals surface area contributed by atoms with Crippen molar-refractivity contribution >= 4 is 5.91 Å². The van der Waals surface area contributed by atoms with Crippen LogP contribution in [0.25, 0.3) is 0 Å². The van der Waals surface area contributed by atoms with Gasteiger partial charge in [0, 0.05) is 30.3 Å². The molecule has 4 unspecified atom stereocenters. The van der Waals surface area contributed by atoms with Crippen LogP contribution in [0.15, 0.2) is 42.7 Å². The molecule has 3 fully saturated rings. The number of hydrogen-bond donors (Lipinski definition) is 3. The molecule has 160 valence electrons. The molecule has 3 aliphatic rings. The topological polar surface area (TPSA) is 106 Å². The van der Waals surface area contributed by atoms with Gasteiger partial charge in [-0.05, 0) is 43.5 Å². The lowest BCUT2D eigenvalue weighted by atomic mass is 9.70. The molecule has 2 aromatic rings. The predicted molar refractivity (Wildman–Crippen MR) is 109 cm³/mol. The molecule has 5 rings (SSSR count). The van der Waals surface area contributed by atoms with Crippen LogP contribution in [0.2, 0.25) is 0 Å². The Balaban J connectivity index is 1.39. The fourth-order valence-corrected chi connectivity index (χ4v) is 4.97. The molecule has 8 nitrogen and oxygen atoms in total. The first-order valence-electron chi connectivity index (χ1n) is 10.6. The zero-order valence-corrected chi connectivity index (χ0v) is 17.1. The minimum absolute atomic E-state index is 0.138. The van der Waals surface area contributed by atoms with E-state index in [2.05, 4.69) is 32.1 Å². The maximum atomic E-state index is 13.4. The average molecular weight is 421 g/mol. The fraction of sp³-hybridized carbons (Fsp3) is 0.455. The van der Waals surface area contributed by atoms with Gasteiger partial charge in [0.15, 0.2) is 0 Å². The highest BCUT2D eigenvalue weighted by molar-refractivity contribution is 5.82. The number of nitriles is 1. The molecule has 9 heteroatoms. The molecule has 2 saturated heterocycles. The number of fused-ring (bicyclic) bond motifs is 1. The van der Waals surface area contributed by atoms with E-state index in [-0.39, 0.29) is 41.9 Å². The second kappa shape index (κ2) is 7.96. The highest BCUT2D eigenvalue weighted by atomic mass is 19.1. The van der Waals surface area contributed by atoms with Gasteiger partial charge < -0.3 is 5.32 Å². The molecule has 31 heavy (non-hydrogen) atoms. The number of carbonyl (C=O) groups is 1. The Morgan fingerprint density at radius 3 is 2.61 bits per heavy atom. The minimum atomic E-state index is -0.643. The summed E-state index contributed by atoms with van der Waals surface area (Å²) in [6.45, 7) is 1.98. The number of nitrogens with zero attached hydrogens (tertiary/aromatic N) is 4. The summed E-state index contributed by atoms with van der Waals surface area (Å²) in [5.74, 6) is 0.174. The normalized spacial score (nSPS) is 33.6. The molecule has 1 amide bonds. The van der Waals surface area contributed by atoms with Gasteiger partial charge in [0.1, 0.15) is 17.7 Å². The van der Waals surface area contributed by atoms with E-state index in [1.165, 1.54) is 12.1 Å². The number of halogens is 1. The summed E-state index contributed by atoms with van der Waals surface area (Å²) in [6, 6.07) is 9.49. The van der Waals surface area contributed by atoms with Gasteiger partial charge in [0.05, 0.1) is 24.3 Å². The molecule has 7 atom stereocenters. The summed E-state index contributed by atoms with van der Waals surface area (Å²) in [5.41, 5.74) is 4.09. The zero-order chi connectivity index (χ0) is 21.5. The van der Waals surface area contributed by atoms with Crippen LogP contribution in [-0.2, 0) is 4.79 Å². The number of rotatable bonds is 4. The molecule has 0 radical (unpaired) electrons. The van der Waals surface area contributed by atoms with E-state index in [4.69, 9.17) is 0 Å². The molecular formula is C22H24FN7O. The summed E-state index contributed by atoms with van der Waals surface area (Å²) in [6.07, 6.45) is 4.82. The number of hydrazine groups is 1. The van der Waals surface area contributed by atoms with Crippen LogP contribution in [0.3, 0.4) is 0 Å². The Morgan fingerprint density at radius 2 is 1.97 bits per heavy atom. The van der Waals surface area contributed by atoms with Gasteiger partial charge in [-0.2, -0.15) is 5.26 Å². The van der Waals surface area contributed by atoms with Crippen LogP contribution in [0, 0.1) is 29.0 Å². The Kier molecular flexibility index (Phi) is 5.14. The van der Waals surface area contributed by atoms with E-state index in [0.717, 1.165) is 24.2 Å². The first kappa shape index (κ1) is 20.0. The molecule has 3 heterocycles. The van der Waals surface area contributed by atoms with Gasteiger partial charge in [-0.15, -0.1) is 0 Å². The smallest absolute Gasteiger partial charge is 0.230 e. The maximum Gasteiger partial charge on any atom is 0.230 e. The quantitative estimate of drug-likeness (QED) is 0.688. The number of nitrogens with one attached hydrogen (secondary N) is 3. The van der Waals surface area contributed by atoms with Crippen molar-refractivity contribution in [3.8, 4) is 6.07 Å². The molecule has 1 aromatic heterocycles. The highest BCUT2D eigenvalue weighted by Gasteiger charge is 2.54. The summed E-state index contributed by atoms with van der Waals surface area (Å²) in [4.78, 5) is 21.8. The van der Waals surface area contributed by atoms with Crippen molar-refractivity contribution in [1.29, 1.82) is 5.26 Å². The second-order valence-corrected chi connectivity index (χ2v) is 8.45. The summed E-state index contributed by atoms with van der Waals surface area (Å²) in [7, 11) is 0. The minimum Gasteiger partial charge on any atom is -0.340 e. The zero-order valence-electron chi connectivity index (χ0n) is 17.1. The highest BCUT2D eigenvalue weighted by Crippen LogP contribution is 2.44. The summed E-state index contributed by atoms with van der Waals surface area (Å²) >= 11 is 0. The second-order valence-electron chi connectivity index (χ2n) is 8.45. The molecule has 1 aliphatic carbocycles. The van der Waals surface area contributed by atoms with E-state index >= 15 is 0 Å². The molecular weight excluding hydrogens is 397 g/mol. The van der Waals surface area contributed by atoms with E-state index in [0.29, 0.717) is 0 Å². The van der Waals surface area contributed by atoms with Crippen LogP contribution < -0.4 is 16.1 Å². The van der Waals surface area contributed by atoms with Crippen LogP contribution in [-0.4, -0.2) is 39.3 Å². The average Bonchev–Trinajstić information content (AvgIpc) is 3.13. The Bertz CT molecular complexity index is 995. The molecule has 3 N–H and O–H groups in total. The van der Waals surface area contributed by atoms with Gasteiger partial charge in [-0.1, -0.05) is 12.1 Å². The third kappa shape index (κ3) is 3.47. The Labute approximate surface area is 179 Å². The largest absolute Gasteiger partial charge is 0.340 e. The van der Waals surface area contributed by atoms with Crippen molar-refractivity contribution in [1.82, 2.24) is 31.0 Å². The van der Waals surface area contributed by atoms with Crippen LogP contribution in [0.4, 0.5) is 4.39 Å². The molecule has 0 bridgehead atoms. The third-order valence-electron chi connectivity index (χ3n) is 6.82. The molecule has 1 saturated carbocycles. The molecule has 2 aliphatic heterocycles. The maximum absolute atomic E-state index is 13.4. The van der Waals surface area contributed by atoms with Crippen molar-refractivity contribution in [2.75, 3.05) is 0 Å². The van der Waals surface area contributed by atoms with Crippen molar-refractivity contribution in [2.24, 2.45) is 11.8 Å². The van der Waals surface area contributed by atoms with E-state index in [1.54, 1.807) is 30.6 Å². The van der Waals surface area contributed by atoms with Crippen LogP contribution in [0.1, 0.15) is 43.1 Å². The lowest BCUT2D eigenvalue weighted by molar-refractivity contribution is -0.132.